The number of rotatable bonds is 3. The van der Waals surface area contributed by atoms with Crippen molar-refractivity contribution in [3.8, 4) is 11.1 Å². The van der Waals surface area contributed by atoms with Crippen molar-refractivity contribution < 1.29 is 4.79 Å². The van der Waals surface area contributed by atoms with Gasteiger partial charge in [0.05, 0.1) is 6.20 Å². The first-order valence-electron chi connectivity index (χ1n) is 5.76. The molecular formula is C14H16N2O. The number of nitrogens with zero attached hydrogens (tertiary/aromatic N) is 2. The molecule has 0 bridgehead atoms. The Morgan fingerprint density at radius 1 is 1.29 bits per heavy atom. The number of benzene rings is 1. The Hall–Kier alpha value is -1.90. The van der Waals surface area contributed by atoms with Crippen LogP contribution in [0.1, 0.15) is 28.5 Å². The quantitative estimate of drug-likeness (QED) is 0.757. The Morgan fingerprint density at radius 2 is 2.06 bits per heavy atom. The van der Waals surface area contributed by atoms with Crippen LogP contribution in [0.5, 0.6) is 0 Å². The topological polar surface area (TPSA) is 34.9 Å². The zero-order valence-electron chi connectivity index (χ0n) is 10.4. The molecule has 0 radical (unpaired) electrons. The summed E-state index contributed by atoms with van der Waals surface area (Å²) in [4.78, 5) is 10.7. The molecular weight excluding hydrogens is 212 g/mol. The summed E-state index contributed by atoms with van der Waals surface area (Å²) in [6.07, 6.45) is 2.76. The standard InChI is InChI=1S/C14H16N2O/c1-4-16-11(3)14(8-15-16)13-6-5-12(9-17)7-10(13)2/h5-9H,4H2,1-3H3. The van der Waals surface area contributed by atoms with Crippen LogP contribution in [0.2, 0.25) is 0 Å². The van der Waals surface area contributed by atoms with E-state index in [0.29, 0.717) is 5.56 Å². The van der Waals surface area contributed by atoms with Gasteiger partial charge in [-0.3, -0.25) is 9.48 Å². The number of carbonyl (C=O) groups is 1. The van der Waals surface area contributed by atoms with Gasteiger partial charge in [-0.1, -0.05) is 12.1 Å². The molecule has 0 aliphatic heterocycles. The lowest BCUT2D eigenvalue weighted by Crippen LogP contribution is -1.98. The molecule has 0 unspecified atom stereocenters. The lowest BCUT2D eigenvalue weighted by atomic mass is 9.99. The number of hydrogen-bond donors (Lipinski definition) is 0. The highest BCUT2D eigenvalue weighted by Gasteiger charge is 2.10. The molecule has 88 valence electrons. The highest BCUT2D eigenvalue weighted by molar-refractivity contribution is 5.78. The van der Waals surface area contributed by atoms with Crippen LogP contribution in [0.3, 0.4) is 0 Å². The molecule has 0 fully saturated rings. The van der Waals surface area contributed by atoms with E-state index in [2.05, 4.69) is 18.9 Å². The summed E-state index contributed by atoms with van der Waals surface area (Å²) in [7, 11) is 0. The van der Waals surface area contributed by atoms with Crippen molar-refractivity contribution in [3.05, 3.63) is 41.2 Å². The van der Waals surface area contributed by atoms with Gasteiger partial charge in [-0.2, -0.15) is 5.10 Å². The van der Waals surface area contributed by atoms with Crippen LogP contribution in [0, 0.1) is 13.8 Å². The molecule has 17 heavy (non-hydrogen) atoms. The highest BCUT2D eigenvalue weighted by Crippen LogP contribution is 2.26. The van der Waals surface area contributed by atoms with E-state index in [9.17, 15) is 4.79 Å². The average Bonchev–Trinajstić information content (AvgIpc) is 2.70. The van der Waals surface area contributed by atoms with Crippen LogP contribution >= 0.6 is 0 Å². The first-order chi connectivity index (χ1) is 8.17. The maximum atomic E-state index is 10.7. The van der Waals surface area contributed by atoms with Gasteiger partial charge in [-0.15, -0.1) is 0 Å². The van der Waals surface area contributed by atoms with Crippen molar-refractivity contribution in [2.45, 2.75) is 27.3 Å². The van der Waals surface area contributed by atoms with Crippen LogP contribution in [0.25, 0.3) is 11.1 Å². The van der Waals surface area contributed by atoms with Crippen molar-refractivity contribution >= 4 is 6.29 Å². The summed E-state index contributed by atoms with van der Waals surface area (Å²) in [5, 5.41) is 4.34. The molecule has 0 spiro atoms. The van der Waals surface area contributed by atoms with Gasteiger partial charge in [0.15, 0.2) is 0 Å². The van der Waals surface area contributed by atoms with Crippen LogP contribution in [0.4, 0.5) is 0 Å². The minimum Gasteiger partial charge on any atom is -0.298 e. The third kappa shape index (κ3) is 2.00. The molecule has 0 saturated heterocycles. The van der Waals surface area contributed by atoms with E-state index in [1.54, 1.807) is 0 Å². The maximum Gasteiger partial charge on any atom is 0.150 e. The summed E-state index contributed by atoms with van der Waals surface area (Å²) < 4.78 is 1.97. The summed E-state index contributed by atoms with van der Waals surface area (Å²) >= 11 is 0. The van der Waals surface area contributed by atoms with Crippen LogP contribution in [-0.4, -0.2) is 16.1 Å². The molecule has 2 aromatic rings. The SMILES string of the molecule is CCn1ncc(-c2ccc(C=O)cc2C)c1C. The third-order valence-electron chi connectivity index (χ3n) is 3.08. The van der Waals surface area contributed by atoms with E-state index in [-0.39, 0.29) is 0 Å². The Labute approximate surface area is 101 Å². The first kappa shape index (κ1) is 11.6. The molecule has 0 amide bonds. The van der Waals surface area contributed by atoms with Crippen molar-refractivity contribution in [3.63, 3.8) is 0 Å². The van der Waals surface area contributed by atoms with Gasteiger partial charge in [0.1, 0.15) is 6.29 Å². The smallest absolute Gasteiger partial charge is 0.150 e. The summed E-state index contributed by atoms with van der Waals surface area (Å²) in [6, 6.07) is 5.74. The van der Waals surface area contributed by atoms with Gasteiger partial charge in [-0.25, -0.2) is 0 Å². The number of aryl methyl sites for hydroxylation is 2. The van der Waals surface area contributed by atoms with Crippen molar-refractivity contribution in [1.82, 2.24) is 9.78 Å². The number of aldehydes is 1. The second kappa shape index (κ2) is 4.53. The van der Waals surface area contributed by atoms with E-state index in [1.807, 2.05) is 36.0 Å². The predicted octanol–water partition coefficient (Wildman–Crippen LogP) is 3.00. The molecule has 0 saturated carbocycles. The van der Waals surface area contributed by atoms with E-state index < -0.39 is 0 Å². The Bertz CT molecular complexity index is 555. The second-order valence-electron chi connectivity index (χ2n) is 4.15. The number of hydrogen-bond acceptors (Lipinski definition) is 2. The van der Waals surface area contributed by atoms with Gasteiger partial charge in [-0.05, 0) is 38.0 Å². The first-order valence-corrected chi connectivity index (χ1v) is 5.76. The van der Waals surface area contributed by atoms with E-state index in [0.717, 1.165) is 35.2 Å². The van der Waals surface area contributed by atoms with Crippen LogP contribution in [-0.2, 0) is 6.54 Å². The molecule has 0 aliphatic carbocycles. The zero-order chi connectivity index (χ0) is 12.4. The van der Waals surface area contributed by atoms with Gasteiger partial charge in [0.25, 0.3) is 0 Å². The summed E-state index contributed by atoms with van der Waals surface area (Å²) in [5.74, 6) is 0. The van der Waals surface area contributed by atoms with Gasteiger partial charge in [0, 0.05) is 23.4 Å². The van der Waals surface area contributed by atoms with Crippen molar-refractivity contribution in [2.24, 2.45) is 0 Å². The Kier molecular flexibility index (Phi) is 3.09. The Balaban J connectivity index is 2.52. The minimum absolute atomic E-state index is 0.715. The van der Waals surface area contributed by atoms with E-state index >= 15 is 0 Å². The second-order valence-corrected chi connectivity index (χ2v) is 4.15. The van der Waals surface area contributed by atoms with E-state index in [1.165, 1.54) is 0 Å². The van der Waals surface area contributed by atoms with Crippen LogP contribution < -0.4 is 0 Å². The molecule has 2 rings (SSSR count). The fourth-order valence-electron chi connectivity index (χ4n) is 2.09. The molecule has 1 aromatic carbocycles. The molecule has 0 N–H and O–H groups in total. The molecule has 0 aliphatic rings. The normalized spacial score (nSPS) is 10.5. The third-order valence-corrected chi connectivity index (χ3v) is 3.08. The largest absolute Gasteiger partial charge is 0.298 e. The number of carbonyl (C=O) groups excluding carboxylic acids is 1. The molecule has 3 nitrogen and oxygen atoms in total. The molecule has 1 heterocycles. The maximum absolute atomic E-state index is 10.7. The average molecular weight is 228 g/mol. The highest BCUT2D eigenvalue weighted by atomic mass is 16.1. The monoisotopic (exact) mass is 228 g/mol. The van der Waals surface area contributed by atoms with Gasteiger partial charge >= 0.3 is 0 Å². The Morgan fingerprint density at radius 3 is 2.59 bits per heavy atom. The fraction of sp³-hybridized carbons (Fsp3) is 0.286. The van der Waals surface area contributed by atoms with Gasteiger partial charge in [0.2, 0.25) is 0 Å². The summed E-state index contributed by atoms with van der Waals surface area (Å²) in [6.45, 7) is 7.04. The summed E-state index contributed by atoms with van der Waals surface area (Å²) in [5.41, 5.74) is 5.27. The molecule has 0 atom stereocenters. The lowest BCUT2D eigenvalue weighted by molar-refractivity contribution is 0.112. The van der Waals surface area contributed by atoms with Crippen LogP contribution in [0.15, 0.2) is 24.4 Å². The fourth-order valence-corrected chi connectivity index (χ4v) is 2.09. The zero-order valence-corrected chi connectivity index (χ0v) is 10.4. The number of aromatic nitrogens is 2. The molecule has 1 aromatic heterocycles. The van der Waals surface area contributed by atoms with Crippen molar-refractivity contribution in [1.29, 1.82) is 0 Å². The van der Waals surface area contributed by atoms with E-state index in [4.69, 9.17) is 0 Å². The van der Waals surface area contributed by atoms with Crippen molar-refractivity contribution in [2.75, 3.05) is 0 Å². The minimum atomic E-state index is 0.715. The predicted molar refractivity (Wildman–Crippen MR) is 68.2 cm³/mol. The van der Waals surface area contributed by atoms with Gasteiger partial charge < -0.3 is 0 Å². The molecule has 3 heteroatoms. The lowest BCUT2D eigenvalue weighted by Gasteiger charge is -2.06.